The summed E-state index contributed by atoms with van der Waals surface area (Å²) in [6.45, 7) is 14.1. The van der Waals surface area contributed by atoms with Gasteiger partial charge in [-0.2, -0.15) is 0 Å². The van der Waals surface area contributed by atoms with Gasteiger partial charge in [0.1, 0.15) is 0 Å². The average Bonchev–Trinajstić information content (AvgIpc) is 3.78. The van der Waals surface area contributed by atoms with Crippen LogP contribution in [0.2, 0.25) is 5.02 Å². The summed E-state index contributed by atoms with van der Waals surface area (Å²) >= 11 is 6.13. The van der Waals surface area contributed by atoms with E-state index >= 15 is 0 Å². The summed E-state index contributed by atoms with van der Waals surface area (Å²) in [5, 5.41) is 2.01. The van der Waals surface area contributed by atoms with E-state index in [1.54, 1.807) is 12.3 Å². The van der Waals surface area contributed by atoms with E-state index in [0.29, 0.717) is 11.8 Å². The molecule has 3 aromatic heterocycles. The normalized spacial score (nSPS) is 11.6. The number of nitrogens with two attached hydrogens (primary N) is 1. The number of hydrogen-bond donors (Lipinski definition) is 1. The molecule has 0 atom stereocenters. The third-order valence-electron chi connectivity index (χ3n) is 7.45. The molecule has 6 nitrogen and oxygen atoms in total. The highest BCUT2D eigenvalue weighted by Crippen LogP contribution is 2.32. The topological polar surface area (TPSA) is 81.5 Å². The molecule has 0 radical (unpaired) electrons. The van der Waals surface area contributed by atoms with Gasteiger partial charge in [0.2, 0.25) is 0 Å². The van der Waals surface area contributed by atoms with E-state index < -0.39 is 0 Å². The SMILES string of the molecule is C.C#C.CC(C)C#Cc1cc2c(cc1Cl)C=NC2.Cc1cc(-n2c(C(C)C)cc3cc4c(cc32)C=NC4)ccn1.Cc1cc(N)ccn1. The smallest absolute Gasteiger partial charge is 0.0646 e. The lowest BCUT2D eigenvalue weighted by atomic mass is 10.1. The van der Waals surface area contributed by atoms with Crippen molar-refractivity contribution in [3.8, 4) is 30.4 Å². The summed E-state index contributed by atoms with van der Waals surface area (Å²) < 4.78 is 2.36. The van der Waals surface area contributed by atoms with Crippen LogP contribution in [0.1, 0.15) is 85.9 Å². The Morgan fingerprint density at radius 1 is 0.812 bits per heavy atom. The molecule has 0 saturated heterocycles. The highest BCUT2D eigenvalue weighted by molar-refractivity contribution is 6.32. The number of aryl methyl sites for hydroxylation is 2. The Balaban J connectivity index is 0.000000209. The highest BCUT2D eigenvalue weighted by Gasteiger charge is 2.17. The Labute approximate surface area is 291 Å². The minimum absolute atomic E-state index is 0. The Bertz CT molecular complexity index is 2000. The Morgan fingerprint density at radius 3 is 1.98 bits per heavy atom. The van der Waals surface area contributed by atoms with Gasteiger partial charge >= 0.3 is 0 Å². The van der Waals surface area contributed by atoms with Gasteiger partial charge in [0, 0.05) is 70.1 Å². The maximum Gasteiger partial charge on any atom is 0.0646 e. The van der Waals surface area contributed by atoms with Crippen molar-refractivity contribution >= 4 is 40.6 Å². The van der Waals surface area contributed by atoms with Crippen LogP contribution in [0.4, 0.5) is 5.69 Å². The molecule has 5 aromatic rings. The molecule has 2 aliphatic heterocycles. The first-order chi connectivity index (χ1) is 22.6. The van der Waals surface area contributed by atoms with Gasteiger partial charge < -0.3 is 10.3 Å². The van der Waals surface area contributed by atoms with E-state index in [1.165, 1.54) is 39.0 Å². The Hall–Kier alpha value is -5.17. The zero-order valence-corrected chi connectivity index (χ0v) is 28.7. The number of nitrogen functional groups attached to an aromatic ring is 1. The van der Waals surface area contributed by atoms with Gasteiger partial charge in [0.05, 0.1) is 23.6 Å². The predicted octanol–water partition coefficient (Wildman–Crippen LogP) is 9.53. The van der Waals surface area contributed by atoms with Crippen LogP contribution in [-0.4, -0.2) is 27.0 Å². The molecule has 5 heterocycles. The summed E-state index contributed by atoms with van der Waals surface area (Å²) in [6.07, 6.45) is 15.4. The maximum atomic E-state index is 6.13. The third kappa shape index (κ3) is 9.22. The number of halogens is 1. The molecule has 0 saturated carbocycles. The molecule has 2 N–H and O–H groups in total. The van der Waals surface area contributed by atoms with Crippen molar-refractivity contribution in [2.45, 2.75) is 68.0 Å². The Kier molecular flexibility index (Phi) is 13.3. The predicted molar refractivity (Wildman–Crippen MR) is 206 cm³/mol. The maximum absolute atomic E-state index is 6.13. The fourth-order valence-electron chi connectivity index (χ4n) is 5.24. The lowest BCUT2D eigenvalue weighted by Gasteiger charge is -2.14. The van der Waals surface area contributed by atoms with Crippen molar-refractivity contribution < 1.29 is 0 Å². The standard InChI is InChI=1S/C19H19N3.C13H12ClN.C6H8N2.C2H2.CH4/c1-12(2)18-8-14-7-15-10-20-11-16(15)9-19(14)22(18)17-4-5-21-13(3)6-17;1-9(2)3-4-10-5-11-7-15-8-12(11)6-13(10)14;1-5-4-6(7)2-3-8-5;1-2;/h4-9,11-12H,10H2,1-3H3;5-6,8-9H,7H2,1-2H3;2-4H,1H3,(H2,7,8);1-2H;1H4. The van der Waals surface area contributed by atoms with Crippen LogP contribution in [0, 0.1) is 44.5 Å². The molecule has 0 fully saturated rings. The fourth-order valence-corrected chi connectivity index (χ4v) is 5.46. The van der Waals surface area contributed by atoms with E-state index in [9.17, 15) is 0 Å². The van der Waals surface area contributed by atoms with Crippen molar-refractivity contribution in [3.63, 3.8) is 0 Å². The average molecular weight is 657 g/mol. The molecule has 0 spiro atoms. The van der Waals surface area contributed by atoms with E-state index in [0.717, 1.165) is 46.3 Å². The first-order valence-corrected chi connectivity index (χ1v) is 15.9. The number of hydrogen-bond acceptors (Lipinski definition) is 5. The van der Waals surface area contributed by atoms with Crippen LogP contribution in [0.15, 0.2) is 77.0 Å². The summed E-state index contributed by atoms with van der Waals surface area (Å²) in [7, 11) is 0. The molecular formula is C41H45ClN6. The van der Waals surface area contributed by atoms with Crippen LogP contribution in [0.3, 0.4) is 0 Å². The largest absolute Gasteiger partial charge is 0.399 e. The highest BCUT2D eigenvalue weighted by atomic mass is 35.5. The van der Waals surface area contributed by atoms with E-state index in [1.807, 2.05) is 50.7 Å². The molecule has 7 rings (SSSR count). The molecule has 7 heteroatoms. The van der Waals surface area contributed by atoms with E-state index in [4.69, 9.17) is 17.3 Å². The van der Waals surface area contributed by atoms with E-state index in [2.05, 4.69) is 107 Å². The van der Waals surface area contributed by atoms with Crippen LogP contribution < -0.4 is 5.73 Å². The van der Waals surface area contributed by atoms with Gasteiger partial charge in [-0.15, -0.1) is 12.8 Å². The Morgan fingerprint density at radius 2 is 1.42 bits per heavy atom. The van der Waals surface area contributed by atoms with E-state index in [-0.39, 0.29) is 7.43 Å². The molecular weight excluding hydrogens is 612 g/mol. The number of nitrogens with zero attached hydrogens (tertiary/aromatic N) is 5. The van der Waals surface area contributed by atoms with Crippen LogP contribution in [-0.2, 0) is 13.1 Å². The second-order valence-electron chi connectivity index (χ2n) is 11.9. The number of pyridine rings is 2. The quantitative estimate of drug-likeness (QED) is 0.192. The van der Waals surface area contributed by atoms with Gasteiger partial charge in [-0.1, -0.05) is 58.6 Å². The number of anilines is 1. The van der Waals surface area contributed by atoms with Gasteiger partial charge in [-0.3, -0.25) is 20.0 Å². The lowest BCUT2D eigenvalue weighted by molar-refractivity contribution is 0.795. The summed E-state index contributed by atoms with van der Waals surface area (Å²) in [5.74, 6) is 7.05. The molecule has 0 amide bonds. The lowest BCUT2D eigenvalue weighted by Crippen LogP contribution is -2.02. The summed E-state index contributed by atoms with van der Waals surface area (Å²) in [6, 6.07) is 18.7. The van der Waals surface area contributed by atoms with Crippen LogP contribution in [0.25, 0.3) is 16.6 Å². The molecule has 2 aromatic carbocycles. The monoisotopic (exact) mass is 656 g/mol. The fraction of sp³-hybridized carbons (Fsp3) is 0.268. The van der Waals surface area contributed by atoms with Gasteiger partial charge in [0.15, 0.2) is 0 Å². The molecule has 48 heavy (non-hydrogen) atoms. The van der Waals surface area contributed by atoms with Crippen molar-refractivity contribution in [2.75, 3.05) is 5.73 Å². The first-order valence-electron chi connectivity index (χ1n) is 15.6. The second kappa shape index (κ2) is 17.1. The molecule has 246 valence electrons. The summed E-state index contributed by atoms with van der Waals surface area (Å²) in [5.41, 5.74) is 17.8. The van der Waals surface area contributed by atoms with Gasteiger partial charge in [-0.25, -0.2) is 0 Å². The second-order valence-corrected chi connectivity index (χ2v) is 12.4. The molecule has 0 bridgehead atoms. The number of rotatable bonds is 2. The van der Waals surface area contributed by atoms with Crippen LogP contribution >= 0.6 is 11.6 Å². The van der Waals surface area contributed by atoms with Crippen molar-refractivity contribution in [1.29, 1.82) is 0 Å². The first kappa shape index (κ1) is 37.3. The molecule has 0 aliphatic carbocycles. The number of fused-ring (bicyclic) bond motifs is 3. The third-order valence-corrected chi connectivity index (χ3v) is 7.76. The minimum Gasteiger partial charge on any atom is -0.399 e. The molecule has 0 unspecified atom stereocenters. The van der Waals surface area contributed by atoms with Crippen molar-refractivity contribution in [1.82, 2.24) is 14.5 Å². The van der Waals surface area contributed by atoms with Crippen molar-refractivity contribution in [3.05, 3.63) is 117 Å². The zero-order valence-electron chi connectivity index (χ0n) is 27.9. The van der Waals surface area contributed by atoms with Gasteiger partial charge in [-0.05, 0) is 96.6 Å². The number of aliphatic imine (C=N–C) groups is 2. The minimum atomic E-state index is 0. The van der Waals surface area contributed by atoms with Crippen LogP contribution in [0.5, 0.6) is 0 Å². The van der Waals surface area contributed by atoms with Crippen molar-refractivity contribution in [2.24, 2.45) is 15.9 Å². The molecule has 2 aliphatic rings. The zero-order chi connectivity index (χ0) is 34.1. The number of terminal acetylenes is 1. The number of benzene rings is 2. The summed E-state index contributed by atoms with van der Waals surface area (Å²) in [4.78, 5) is 16.9. The van der Waals surface area contributed by atoms with Gasteiger partial charge in [0.25, 0.3) is 0 Å². The number of aromatic nitrogens is 3.